The van der Waals surface area contributed by atoms with Crippen LogP contribution < -0.4 is 0 Å². The Labute approximate surface area is 145 Å². The summed E-state index contributed by atoms with van der Waals surface area (Å²) in [5.74, 6) is 0.279. The van der Waals surface area contributed by atoms with Gasteiger partial charge in [-0.05, 0) is 43.0 Å². The van der Waals surface area contributed by atoms with E-state index >= 15 is 0 Å². The van der Waals surface area contributed by atoms with Crippen molar-refractivity contribution in [3.05, 3.63) is 47.0 Å². The number of hydrogen-bond donors (Lipinski definition) is 0. The van der Waals surface area contributed by atoms with E-state index in [1.807, 2.05) is 4.68 Å². The Kier molecular flexibility index (Phi) is 4.25. The summed E-state index contributed by atoms with van der Waals surface area (Å²) >= 11 is 0. The number of methoxy groups -OCH3 is 1. The molecule has 1 aliphatic carbocycles. The molecule has 0 unspecified atom stereocenters. The van der Waals surface area contributed by atoms with Gasteiger partial charge in [0.05, 0.1) is 18.8 Å². The Balaban J connectivity index is 1.59. The van der Waals surface area contributed by atoms with Crippen LogP contribution in [0.2, 0.25) is 0 Å². The normalized spacial score (nSPS) is 19.8. The molecule has 0 bridgehead atoms. The maximum atomic E-state index is 13.1. The third-order valence-electron chi connectivity index (χ3n) is 4.89. The number of fused-ring (bicyclic) bond motifs is 1. The van der Waals surface area contributed by atoms with E-state index in [0.717, 1.165) is 17.9 Å². The van der Waals surface area contributed by atoms with Gasteiger partial charge in [0.15, 0.2) is 0 Å². The third kappa shape index (κ3) is 3.28. The van der Waals surface area contributed by atoms with Crippen LogP contribution in [0, 0.1) is 11.7 Å². The number of nitrogens with zero attached hydrogens (tertiary/aromatic N) is 4. The van der Waals surface area contributed by atoms with Crippen LogP contribution >= 0.6 is 0 Å². The Morgan fingerprint density at radius 3 is 2.76 bits per heavy atom. The van der Waals surface area contributed by atoms with Crippen molar-refractivity contribution in [1.82, 2.24) is 19.9 Å². The molecular weight excluding hydrogens is 323 g/mol. The Hall–Kier alpha value is -2.28. The molecule has 132 valence electrons. The Morgan fingerprint density at radius 2 is 2.08 bits per heavy atom. The van der Waals surface area contributed by atoms with Gasteiger partial charge in [0.1, 0.15) is 11.5 Å². The smallest absolute Gasteiger partial charge is 0.254 e. The highest BCUT2D eigenvalue weighted by atomic mass is 19.1. The Bertz CT molecular complexity index is 770. The van der Waals surface area contributed by atoms with Gasteiger partial charge in [-0.1, -0.05) is 5.21 Å². The van der Waals surface area contributed by atoms with Gasteiger partial charge in [0.2, 0.25) is 0 Å². The molecule has 7 heteroatoms. The Morgan fingerprint density at radius 1 is 1.32 bits per heavy atom. The SMILES string of the molecule is COC[C@@H]1CN(C(=O)c2ccc(F)cc2)Cc2nnn(CC3CC3)c21. The van der Waals surface area contributed by atoms with Gasteiger partial charge in [-0.3, -0.25) is 4.79 Å². The van der Waals surface area contributed by atoms with Gasteiger partial charge < -0.3 is 9.64 Å². The van der Waals surface area contributed by atoms with Crippen LogP contribution in [-0.4, -0.2) is 46.1 Å². The minimum atomic E-state index is -0.349. The largest absolute Gasteiger partial charge is 0.384 e. The van der Waals surface area contributed by atoms with Crippen LogP contribution in [0.4, 0.5) is 4.39 Å². The first kappa shape index (κ1) is 16.2. The third-order valence-corrected chi connectivity index (χ3v) is 4.89. The number of hydrogen-bond acceptors (Lipinski definition) is 4. The second kappa shape index (κ2) is 6.55. The highest BCUT2D eigenvalue weighted by Crippen LogP contribution is 2.34. The van der Waals surface area contributed by atoms with Crippen LogP contribution in [0.3, 0.4) is 0 Å². The van der Waals surface area contributed by atoms with Gasteiger partial charge in [-0.15, -0.1) is 5.10 Å². The van der Waals surface area contributed by atoms with E-state index in [4.69, 9.17) is 4.74 Å². The van der Waals surface area contributed by atoms with Gasteiger partial charge in [0, 0.05) is 31.7 Å². The lowest BCUT2D eigenvalue weighted by molar-refractivity contribution is 0.0672. The summed E-state index contributed by atoms with van der Waals surface area (Å²) in [6.07, 6.45) is 2.50. The first-order valence-electron chi connectivity index (χ1n) is 8.61. The van der Waals surface area contributed by atoms with Crippen molar-refractivity contribution < 1.29 is 13.9 Å². The lowest BCUT2D eigenvalue weighted by Gasteiger charge is -2.32. The van der Waals surface area contributed by atoms with E-state index in [0.29, 0.717) is 31.2 Å². The van der Waals surface area contributed by atoms with E-state index in [-0.39, 0.29) is 17.6 Å². The van der Waals surface area contributed by atoms with Crippen molar-refractivity contribution in [2.75, 3.05) is 20.3 Å². The highest BCUT2D eigenvalue weighted by Gasteiger charge is 2.34. The minimum Gasteiger partial charge on any atom is -0.384 e. The molecule has 0 radical (unpaired) electrons. The first-order valence-corrected chi connectivity index (χ1v) is 8.61. The summed E-state index contributed by atoms with van der Waals surface area (Å²) in [5, 5.41) is 8.63. The summed E-state index contributed by atoms with van der Waals surface area (Å²) in [4.78, 5) is 14.5. The first-order chi connectivity index (χ1) is 12.2. The van der Waals surface area contributed by atoms with Crippen LogP contribution in [0.25, 0.3) is 0 Å². The number of ether oxygens (including phenoxy) is 1. The number of amides is 1. The molecule has 1 atom stereocenters. The van der Waals surface area contributed by atoms with Crippen LogP contribution in [-0.2, 0) is 17.8 Å². The van der Waals surface area contributed by atoms with Crippen LogP contribution in [0.1, 0.15) is 40.5 Å². The summed E-state index contributed by atoms with van der Waals surface area (Å²) in [6.45, 7) is 2.39. The van der Waals surface area contributed by atoms with E-state index in [1.165, 1.54) is 37.1 Å². The fourth-order valence-corrected chi connectivity index (χ4v) is 3.46. The zero-order valence-electron chi connectivity index (χ0n) is 14.2. The zero-order chi connectivity index (χ0) is 17.4. The van der Waals surface area contributed by atoms with Gasteiger partial charge in [-0.25, -0.2) is 9.07 Å². The van der Waals surface area contributed by atoms with Crippen molar-refractivity contribution in [3.8, 4) is 0 Å². The molecule has 6 nitrogen and oxygen atoms in total. The van der Waals surface area contributed by atoms with Crippen molar-refractivity contribution in [2.45, 2.75) is 31.8 Å². The predicted molar refractivity (Wildman–Crippen MR) is 88.5 cm³/mol. The van der Waals surface area contributed by atoms with Crippen LogP contribution in [0.15, 0.2) is 24.3 Å². The zero-order valence-corrected chi connectivity index (χ0v) is 14.2. The second-order valence-electron chi connectivity index (χ2n) is 6.89. The molecule has 1 fully saturated rings. The monoisotopic (exact) mass is 344 g/mol. The average Bonchev–Trinajstić information content (AvgIpc) is 3.34. The van der Waals surface area contributed by atoms with Crippen LogP contribution in [0.5, 0.6) is 0 Å². The maximum absolute atomic E-state index is 13.1. The highest BCUT2D eigenvalue weighted by molar-refractivity contribution is 5.94. The number of carbonyl (C=O) groups excluding carboxylic acids is 1. The van der Waals surface area contributed by atoms with Gasteiger partial charge in [0.25, 0.3) is 5.91 Å². The quantitative estimate of drug-likeness (QED) is 0.834. The molecule has 0 saturated heterocycles. The predicted octanol–water partition coefficient (Wildman–Crippen LogP) is 2.21. The number of aromatic nitrogens is 3. The van der Waals surface area contributed by atoms with E-state index in [1.54, 1.807) is 12.0 Å². The van der Waals surface area contributed by atoms with Crippen molar-refractivity contribution in [1.29, 1.82) is 0 Å². The maximum Gasteiger partial charge on any atom is 0.254 e. The van der Waals surface area contributed by atoms with Gasteiger partial charge >= 0.3 is 0 Å². The van der Waals surface area contributed by atoms with E-state index in [9.17, 15) is 9.18 Å². The molecular formula is C18H21FN4O2. The summed E-state index contributed by atoms with van der Waals surface area (Å²) in [5.41, 5.74) is 2.41. The number of carbonyl (C=O) groups is 1. The molecule has 1 aromatic carbocycles. The van der Waals surface area contributed by atoms with Gasteiger partial charge in [-0.2, -0.15) is 0 Å². The number of benzene rings is 1. The number of halogens is 1. The van der Waals surface area contributed by atoms with Crippen molar-refractivity contribution in [2.24, 2.45) is 5.92 Å². The standard InChI is InChI=1S/C18H21FN4O2/c1-25-11-14-9-22(18(24)13-4-6-15(19)7-5-13)10-16-17(14)23(21-20-16)8-12-2-3-12/h4-7,12,14H,2-3,8-11H2,1H3/t14-/m0/s1. The molecule has 2 heterocycles. The summed E-state index contributed by atoms with van der Waals surface area (Å²) in [7, 11) is 1.66. The molecule has 1 aromatic heterocycles. The molecule has 2 aromatic rings. The lowest BCUT2D eigenvalue weighted by atomic mass is 9.98. The fraction of sp³-hybridized carbons (Fsp3) is 0.500. The lowest BCUT2D eigenvalue weighted by Crippen LogP contribution is -2.40. The second-order valence-corrected chi connectivity index (χ2v) is 6.89. The molecule has 2 aliphatic rings. The molecule has 1 aliphatic heterocycles. The minimum absolute atomic E-state index is 0.0481. The topological polar surface area (TPSA) is 60.2 Å². The average molecular weight is 344 g/mol. The van der Waals surface area contributed by atoms with E-state index in [2.05, 4.69) is 10.3 Å². The van der Waals surface area contributed by atoms with Crippen molar-refractivity contribution >= 4 is 5.91 Å². The molecule has 1 amide bonds. The summed E-state index contributed by atoms with van der Waals surface area (Å²) < 4.78 is 20.5. The molecule has 0 spiro atoms. The molecule has 25 heavy (non-hydrogen) atoms. The molecule has 1 saturated carbocycles. The van der Waals surface area contributed by atoms with E-state index < -0.39 is 0 Å². The van der Waals surface area contributed by atoms with Crippen molar-refractivity contribution in [3.63, 3.8) is 0 Å². The number of rotatable bonds is 5. The molecule has 4 rings (SSSR count). The summed E-state index contributed by atoms with van der Waals surface area (Å²) in [6, 6.07) is 5.65. The molecule has 0 N–H and O–H groups in total. The fourth-order valence-electron chi connectivity index (χ4n) is 3.46.